The Morgan fingerprint density at radius 3 is 2.64 bits per heavy atom. The van der Waals surface area contributed by atoms with Gasteiger partial charge in [0.2, 0.25) is 0 Å². The number of carbonyl (C=O) groups is 1. The Labute approximate surface area is 145 Å². The molecule has 0 aliphatic carbocycles. The Morgan fingerprint density at radius 2 is 2.04 bits per heavy atom. The van der Waals surface area contributed by atoms with Crippen LogP contribution >= 0.6 is 0 Å². The summed E-state index contributed by atoms with van der Waals surface area (Å²) in [6.45, 7) is 2.93. The minimum absolute atomic E-state index is 0.0727. The molecule has 0 amide bonds. The lowest BCUT2D eigenvalue weighted by molar-refractivity contribution is 0.0973. The third-order valence-electron chi connectivity index (χ3n) is 3.73. The van der Waals surface area contributed by atoms with Gasteiger partial charge < -0.3 is 5.73 Å². The van der Waals surface area contributed by atoms with E-state index >= 15 is 0 Å². The lowest BCUT2D eigenvalue weighted by Gasteiger charge is -2.12. The third kappa shape index (κ3) is 3.51. The number of ketones is 1. The van der Waals surface area contributed by atoms with Crippen molar-refractivity contribution in [1.29, 1.82) is 5.26 Å². The Bertz CT molecular complexity index is 981. The van der Waals surface area contributed by atoms with Gasteiger partial charge in [0.05, 0.1) is 28.8 Å². The molecule has 0 aliphatic rings. The molecule has 1 aromatic heterocycles. The molecule has 8 heteroatoms. The molecule has 2 aromatic rings. The van der Waals surface area contributed by atoms with Crippen LogP contribution in [0.25, 0.3) is 0 Å². The number of pyridine rings is 1. The Kier molecular flexibility index (Phi) is 5.18. The maximum atomic E-state index is 14.2. The monoisotopic (exact) mass is 361 g/mol. The Morgan fingerprint density at radius 1 is 1.36 bits per heavy atom. The molecular weight excluding hydrogens is 345 g/mol. The van der Waals surface area contributed by atoms with Crippen LogP contribution < -0.4 is 5.73 Å². The van der Waals surface area contributed by atoms with Crippen LogP contribution in [0, 0.1) is 24.1 Å². The van der Waals surface area contributed by atoms with Crippen LogP contribution in [0.2, 0.25) is 0 Å². The van der Waals surface area contributed by atoms with Crippen LogP contribution in [-0.2, 0) is 9.84 Å². The highest BCUT2D eigenvalue weighted by Gasteiger charge is 2.28. The fraction of sp³-hybridized carbons (Fsp3) is 0.235. The maximum Gasteiger partial charge on any atom is 0.197 e. The lowest BCUT2D eigenvalue weighted by atomic mass is 9.94. The van der Waals surface area contributed by atoms with Crippen molar-refractivity contribution in [2.75, 3.05) is 11.5 Å². The molecule has 0 radical (unpaired) electrons. The topological polar surface area (TPSA) is 114 Å². The summed E-state index contributed by atoms with van der Waals surface area (Å²) in [6, 6.07) is 8.61. The zero-order chi connectivity index (χ0) is 18.8. The van der Waals surface area contributed by atoms with E-state index in [1.165, 1.54) is 44.2 Å². The molecule has 0 bridgehead atoms. The van der Waals surface area contributed by atoms with E-state index in [0.717, 1.165) is 0 Å². The van der Waals surface area contributed by atoms with Gasteiger partial charge in [-0.25, -0.2) is 17.8 Å². The number of aryl methyl sites for hydroxylation is 1. The van der Waals surface area contributed by atoms with E-state index in [1.807, 2.05) is 0 Å². The number of nitriles is 1. The molecule has 25 heavy (non-hydrogen) atoms. The van der Waals surface area contributed by atoms with E-state index in [-0.39, 0.29) is 33.3 Å². The molecular formula is C17H16FN3O3S. The fourth-order valence-corrected chi connectivity index (χ4v) is 3.21. The second-order valence-electron chi connectivity index (χ2n) is 5.40. The molecule has 1 aromatic carbocycles. The molecule has 1 unspecified atom stereocenters. The number of nitrogens with zero attached hydrogens (tertiary/aromatic N) is 2. The zero-order valence-electron chi connectivity index (χ0n) is 13.7. The number of rotatable bonds is 5. The van der Waals surface area contributed by atoms with Gasteiger partial charge in [-0.1, -0.05) is 19.1 Å². The van der Waals surface area contributed by atoms with Crippen LogP contribution in [0.4, 0.5) is 10.1 Å². The average Bonchev–Trinajstić information content (AvgIpc) is 2.59. The number of Topliss-reactive ketones (excluding diaryl/α,β-unsaturated/α-hetero) is 1. The fourth-order valence-electron chi connectivity index (χ4n) is 2.26. The number of halogens is 1. The molecule has 1 atom stereocenters. The lowest BCUT2D eigenvalue weighted by Crippen LogP contribution is -2.17. The number of hydrogen-bond acceptors (Lipinski definition) is 6. The molecule has 0 fully saturated rings. The molecule has 6 nitrogen and oxygen atoms in total. The van der Waals surface area contributed by atoms with Gasteiger partial charge in [0.1, 0.15) is 5.82 Å². The molecule has 0 aliphatic heterocycles. The molecule has 2 rings (SSSR count). The van der Waals surface area contributed by atoms with Gasteiger partial charge in [0.15, 0.2) is 26.6 Å². The minimum atomic E-state index is -3.73. The van der Waals surface area contributed by atoms with E-state index in [4.69, 9.17) is 5.73 Å². The summed E-state index contributed by atoms with van der Waals surface area (Å²) in [5.41, 5.74) is 5.51. The van der Waals surface area contributed by atoms with Crippen molar-refractivity contribution in [1.82, 2.24) is 4.98 Å². The van der Waals surface area contributed by atoms with Crippen molar-refractivity contribution < 1.29 is 17.6 Å². The summed E-state index contributed by atoms with van der Waals surface area (Å²) in [5, 5.41) is 8.99. The van der Waals surface area contributed by atoms with Gasteiger partial charge in [-0.05, 0) is 30.7 Å². The van der Waals surface area contributed by atoms with E-state index in [2.05, 4.69) is 4.98 Å². The minimum Gasteiger partial charge on any atom is -0.396 e. The van der Waals surface area contributed by atoms with Crippen LogP contribution in [0.15, 0.2) is 35.4 Å². The molecule has 1 heterocycles. The molecule has 130 valence electrons. The zero-order valence-corrected chi connectivity index (χ0v) is 14.5. The van der Waals surface area contributed by atoms with Crippen molar-refractivity contribution in [3.63, 3.8) is 0 Å². The predicted octanol–water partition coefficient (Wildman–Crippen LogP) is 2.40. The number of aromatic nitrogens is 1. The average molecular weight is 361 g/mol. The van der Waals surface area contributed by atoms with Crippen LogP contribution in [0.3, 0.4) is 0 Å². The number of carbonyl (C=O) groups excluding carboxylic acids is 1. The number of nitrogen functional groups attached to an aromatic ring is 1. The molecule has 0 saturated carbocycles. The van der Waals surface area contributed by atoms with Crippen molar-refractivity contribution >= 4 is 21.3 Å². The van der Waals surface area contributed by atoms with Crippen molar-refractivity contribution in [3.8, 4) is 6.07 Å². The third-order valence-corrected chi connectivity index (χ3v) is 5.41. The van der Waals surface area contributed by atoms with Gasteiger partial charge in [-0.3, -0.25) is 4.79 Å². The largest absolute Gasteiger partial charge is 0.396 e. The van der Waals surface area contributed by atoms with E-state index in [1.54, 1.807) is 6.07 Å². The Balaban J connectivity index is 2.56. The van der Waals surface area contributed by atoms with Crippen molar-refractivity contribution in [2.45, 2.75) is 24.8 Å². The Hall–Kier alpha value is -2.79. The smallest absolute Gasteiger partial charge is 0.197 e. The van der Waals surface area contributed by atoms with Crippen LogP contribution in [0.1, 0.15) is 34.5 Å². The SMILES string of the molecule is CCS(=O)(=O)c1nc(C(C#N)C(=O)c2cccc(C)c2F)ccc1N. The summed E-state index contributed by atoms with van der Waals surface area (Å²) in [6.07, 6.45) is 0. The maximum absolute atomic E-state index is 14.2. The summed E-state index contributed by atoms with van der Waals surface area (Å²) < 4.78 is 38.3. The predicted molar refractivity (Wildman–Crippen MR) is 90.2 cm³/mol. The number of sulfone groups is 1. The van der Waals surface area contributed by atoms with E-state index < -0.39 is 27.4 Å². The highest BCUT2D eigenvalue weighted by molar-refractivity contribution is 7.91. The number of anilines is 1. The van der Waals surface area contributed by atoms with Crippen LogP contribution in [-0.4, -0.2) is 24.9 Å². The standard InChI is InChI=1S/C17H16FN3O3S/c1-3-25(23,24)17-13(20)7-8-14(21-17)12(9-19)16(22)11-6-4-5-10(2)15(11)18/h4-8,12H,3,20H2,1-2H3. The molecule has 0 spiro atoms. The number of nitrogens with two attached hydrogens (primary N) is 1. The molecule has 2 N–H and O–H groups in total. The summed E-state index contributed by atoms with van der Waals surface area (Å²) in [7, 11) is -3.73. The van der Waals surface area contributed by atoms with Crippen LogP contribution in [0.5, 0.6) is 0 Å². The van der Waals surface area contributed by atoms with Crippen molar-refractivity contribution in [2.24, 2.45) is 0 Å². The molecule has 0 saturated heterocycles. The highest BCUT2D eigenvalue weighted by atomic mass is 32.2. The first kappa shape index (κ1) is 18.5. The van der Waals surface area contributed by atoms with Crippen molar-refractivity contribution in [3.05, 3.63) is 53.0 Å². The first-order valence-corrected chi connectivity index (χ1v) is 9.06. The van der Waals surface area contributed by atoms with E-state index in [0.29, 0.717) is 0 Å². The van der Waals surface area contributed by atoms with Gasteiger partial charge >= 0.3 is 0 Å². The first-order valence-electron chi connectivity index (χ1n) is 7.41. The number of hydrogen-bond donors (Lipinski definition) is 1. The van der Waals surface area contributed by atoms with Gasteiger partial charge in [0, 0.05) is 0 Å². The quantitative estimate of drug-likeness (QED) is 0.818. The summed E-state index contributed by atoms with van der Waals surface area (Å²) in [4.78, 5) is 16.5. The number of benzene rings is 1. The normalized spacial score (nSPS) is 12.4. The second-order valence-corrected chi connectivity index (χ2v) is 7.59. The van der Waals surface area contributed by atoms with E-state index in [9.17, 15) is 22.9 Å². The second kappa shape index (κ2) is 6.99. The first-order chi connectivity index (χ1) is 11.7. The van der Waals surface area contributed by atoms with Gasteiger partial charge in [-0.2, -0.15) is 5.26 Å². The summed E-state index contributed by atoms with van der Waals surface area (Å²) in [5.74, 6) is -3.18. The van der Waals surface area contributed by atoms with Gasteiger partial charge in [0.25, 0.3) is 0 Å². The highest BCUT2D eigenvalue weighted by Crippen LogP contribution is 2.25. The van der Waals surface area contributed by atoms with Gasteiger partial charge in [-0.15, -0.1) is 0 Å². The summed E-state index contributed by atoms with van der Waals surface area (Å²) >= 11 is 0.